The quantitative estimate of drug-likeness (QED) is 0.824. The third kappa shape index (κ3) is 3.69. The Morgan fingerprint density at radius 3 is 3.00 bits per heavy atom. The summed E-state index contributed by atoms with van der Waals surface area (Å²) in [5.74, 6) is 1.31. The van der Waals surface area contributed by atoms with Crippen molar-refractivity contribution in [1.82, 2.24) is 30.3 Å². The molecule has 0 radical (unpaired) electrons. The summed E-state index contributed by atoms with van der Waals surface area (Å²) in [6.07, 6.45) is 2.79. The number of likely N-dealkylation sites (tertiary alicyclic amines) is 1. The Morgan fingerprint density at radius 1 is 1.60 bits per heavy atom. The molecular formula is C13H24N6O. The van der Waals surface area contributed by atoms with Crippen LogP contribution < -0.4 is 10.6 Å². The lowest BCUT2D eigenvalue weighted by molar-refractivity contribution is 0.235. The van der Waals surface area contributed by atoms with Crippen molar-refractivity contribution < 1.29 is 4.79 Å². The summed E-state index contributed by atoms with van der Waals surface area (Å²) >= 11 is 0. The van der Waals surface area contributed by atoms with Crippen molar-refractivity contribution in [3.8, 4) is 0 Å². The highest BCUT2D eigenvalue weighted by atomic mass is 16.2. The Bertz CT molecular complexity index is 446. The lowest BCUT2D eigenvalue weighted by atomic mass is 10.1. The molecule has 7 heteroatoms. The largest absolute Gasteiger partial charge is 0.338 e. The Kier molecular flexibility index (Phi) is 4.94. The zero-order valence-electron chi connectivity index (χ0n) is 12.5. The van der Waals surface area contributed by atoms with E-state index >= 15 is 0 Å². The van der Waals surface area contributed by atoms with Crippen LogP contribution in [0.1, 0.15) is 32.1 Å². The monoisotopic (exact) mass is 280 g/mol. The van der Waals surface area contributed by atoms with Crippen molar-refractivity contribution in [2.45, 2.75) is 26.3 Å². The van der Waals surface area contributed by atoms with Gasteiger partial charge in [-0.15, -0.1) is 10.2 Å². The highest BCUT2D eigenvalue weighted by Gasteiger charge is 2.22. The van der Waals surface area contributed by atoms with E-state index in [-0.39, 0.29) is 12.1 Å². The Morgan fingerprint density at radius 2 is 2.40 bits per heavy atom. The van der Waals surface area contributed by atoms with Crippen molar-refractivity contribution >= 4 is 6.03 Å². The molecule has 1 aromatic rings. The number of aryl methyl sites for hydroxylation is 1. The smallest absolute Gasteiger partial charge is 0.315 e. The van der Waals surface area contributed by atoms with Crippen LogP contribution in [0.25, 0.3) is 0 Å². The summed E-state index contributed by atoms with van der Waals surface area (Å²) in [5.41, 5.74) is 0. The molecule has 1 fully saturated rings. The maximum Gasteiger partial charge on any atom is 0.315 e. The third-order valence-corrected chi connectivity index (χ3v) is 3.85. The number of carbonyl (C=O) groups excluding carboxylic acids is 1. The first-order valence-corrected chi connectivity index (χ1v) is 7.20. The van der Waals surface area contributed by atoms with Gasteiger partial charge in [0.2, 0.25) is 0 Å². The third-order valence-electron chi connectivity index (χ3n) is 3.85. The minimum Gasteiger partial charge on any atom is -0.338 e. The number of aromatic nitrogens is 3. The molecule has 0 spiro atoms. The van der Waals surface area contributed by atoms with Crippen molar-refractivity contribution in [2.75, 3.05) is 26.2 Å². The second-order valence-electron chi connectivity index (χ2n) is 5.42. The van der Waals surface area contributed by atoms with Crippen LogP contribution in [0.15, 0.2) is 6.33 Å². The number of nitrogens with zero attached hydrogens (tertiary/aromatic N) is 4. The van der Waals surface area contributed by atoms with Crippen molar-refractivity contribution in [3.63, 3.8) is 0 Å². The van der Waals surface area contributed by atoms with Gasteiger partial charge in [0.25, 0.3) is 0 Å². The first kappa shape index (κ1) is 14.8. The fourth-order valence-electron chi connectivity index (χ4n) is 2.60. The predicted molar refractivity (Wildman–Crippen MR) is 76.2 cm³/mol. The summed E-state index contributed by atoms with van der Waals surface area (Å²) in [6.45, 7) is 8.11. The number of nitrogens with one attached hydrogen (secondary N) is 2. The normalized spacial score (nSPS) is 20.9. The van der Waals surface area contributed by atoms with E-state index in [9.17, 15) is 4.79 Å². The molecule has 20 heavy (non-hydrogen) atoms. The second-order valence-corrected chi connectivity index (χ2v) is 5.42. The van der Waals surface area contributed by atoms with Gasteiger partial charge in [0.05, 0.1) is 6.04 Å². The summed E-state index contributed by atoms with van der Waals surface area (Å²) in [4.78, 5) is 14.3. The van der Waals surface area contributed by atoms with Crippen LogP contribution in [0.2, 0.25) is 0 Å². The van der Waals surface area contributed by atoms with E-state index in [2.05, 4.69) is 32.7 Å². The fraction of sp³-hybridized carbons (Fsp3) is 0.769. The highest BCUT2D eigenvalue weighted by molar-refractivity contribution is 5.74. The molecule has 2 amide bonds. The molecule has 0 bridgehead atoms. The predicted octanol–water partition coefficient (Wildman–Crippen LogP) is 0.517. The number of urea groups is 1. The average molecular weight is 280 g/mol. The molecule has 1 aliphatic rings. The molecular weight excluding hydrogens is 256 g/mol. The van der Waals surface area contributed by atoms with Gasteiger partial charge in [-0.2, -0.15) is 0 Å². The lowest BCUT2D eigenvalue weighted by Gasteiger charge is -2.16. The zero-order valence-corrected chi connectivity index (χ0v) is 12.5. The van der Waals surface area contributed by atoms with Crippen molar-refractivity contribution in [3.05, 3.63) is 12.2 Å². The molecule has 2 atom stereocenters. The van der Waals surface area contributed by atoms with Gasteiger partial charge in [0, 0.05) is 20.1 Å². The molecule has 7 nitrogen and oxygen atoms in total. The highest BCUT2D eigenvalue weighted by Crippen LogP contribution is 2.14. The first-order chi connectivity index (χ1) is 9.60. The minimum absolute atomic E-state index is 0.143. The van der Waals surface area contributed by atoms with Gasteiger partial charge in [-0.25, -0.2) is 4.79 Å². The Labute approximate surface area is 119 Å². The van der Waals surface area contributed by atoms with Crippen LogP contribution in [0.3, 0.4) is 0 Å². The number of amides is 2. The van der Waals surface area contributed by atoms with Gasteiger partial charge < -0.3 is 20.1 Å². The van der Waals surface area contributed by atoms with Crippen LogP contribution in [0, 0.1) is 5.92 Å². The van der Waals surface area contributed by atoms with E-state index in [4.69, 9.17) is 0 Å². The molecule has 112 valence electrons. The topological polar surface area (TPSA) is 75.1 Å². The lowest BCUT2D eigenvalue weighted by Crippen LogP contribution is -2.40. The number of carbonyl (C=O) groups is 1. The van der Waals surface area contributed by atoms with E-state index in [0.29, 0.717) is 5.92 Å². The number of rotatable bonds is 5. The SMILES string of the molecule is CCN1CC[C@@H](CNC(=O)N[C@@H](C)c2nncn2C)C1. The van der Waals surface area contributed by atoms with Crippen LogP contribution in [-0.4, -0.2) is 51.9 Å². The van der Waals surface area contributed by atoms with E-state index in [1.807, 2.05) is 14.0 Å². The molecule has 0 aromatic carbocycles. The molecule has 1 saturated heterocycles. The van der Waals surface area contributed by atoms with E-state index in [1.165, 1.54) is 0 Å². The van der Waals surface area contributed by atoms with Gasteiger partial charge >= 0.3 is 6.03 Å². The standard InChI is InChI=1S/C13H24N6O/c1-4-19-6-5-11(8-19)7-14-13(20)16-10(2)12-17-15-9-18(12)3/h9-11H,4-8H2,1-3H3,(H2,14,16,20)/t10-,11-/m0/s1. The first-order valence-electron chi connectivity index (χ1n) is 7.20. The maximum atomic E-state index is 11.9. The van der Waals surface area contributed by atoms with Crippen molar-refractivity contribution in [2.24, 2.45) is 13.0 Å². The summed E-state index contributed by atoms with van der Waals surface area (Å²) in [7, 11) is 1.86. The van der Waals surface area contributed by atoms with Crippen LogP contribution in [0.5, 0.6) is 0 Å². The minimum atomic E-state index is -0.154. The molecule has 2 heterocycles. The Balaban J connectivity index is 1.72. The summed E-state index contributed by atoms with van der Waals surface area (Å²) in [6, 6.07) is -0.298. The fourth-order valence-corrected chi connectivity index (χ4v) is 2.60. The summed E-state index contributed by atoms with van der Waals surface area (Å²) < 4.78 is 1.81. The molecule has 1 aliphatic heterocycles. The van der Waals surface area contributed by atoms with Gasteiger partial charge in [-0.1, -0.05) is 6.92 Å². The Hall–Kier alpha value is -1.63. The average Bonchev–Trinajstić information content (AvgIpc) is 3.04. The van der Waals surface area contributed by atoms with Crippen molar-refractivity contribution in [1.29, 1.82) is 0 Å². The molecule has 0 unspecified atom stereocenters. The summed E-state index contributed by atoms with van der Waals surface area (Å²) in [5, 5.41) is 13.6. The van der Waals surface area contributed by atoms with E-state index in [0.717, 1.165) is 38.4 Å². The van der Waals surface area contributed by atoms with Gasteiger partial charge in [-0.3, -0.25) is 0 Å². The molecule has 1 aromatic heterocycles. The van der Waals surface area contributed by atoms with E-state index < -0.39 is 0 Å². The molecule has 2 rings (SSSR count). The van der Waals surface area contributed by atoms with Gasteiger partial charge in [0.15, 0.2) is 5.82 Å². The molecule has 0 aliphatic carbocycles. The van der Waals surface area contributed by atoms with Crippen LogP contribution >= 0.6 is 0 Å². The zero-order chi connectivity index (χ0) is 14.5. The van der Waals surface area contributed by atoms with Crippen LogP contribution in [-0.2, 0) is 7.05 Å². The van der Waals surface area contributed by atoms with Gasteiger partial charge in [0.1, 0.15) is 6.33 Å². The molecule has 0 saturated carbocycles. The number of hydrogen-bond donors (Lipinski definition) is 2. The second kappa shape index (κ2) is 6.69. The molecule has 2 N–H and O–H groups in total. The van der Waals surface area contributed by atoms with Gasteiger partial charge in [-0.05, 0) is 32.4 Å². The number of hydrogen-bond acceptors (Lipinski definition) is 4. The van der Waals surface area contributed by atoms with Crippen LogP contribution in [0.4, 0.5) is 4.79 Å². The maximum absolute atomic E-state index is 11.9. The van der Waals surface area contributed by atoms with E-state index in [1.54, 1.807) is 10.9 Å².